The minimum absolute atomic E-state index is 0.375. The minimum Gasteiger partial charge on any atom is -0.480 e. The van der Waals surface area contributed by atoms with Crippen molar-refractivity contribution in [2.24, 2.45) is 0 Å². The van der Waals surface area contributed by atoms with Gasteiger partial charge in [-0.25, -0.2) is 4.79 Å². The van der Waals surface area contributed by atoms with Crippen LogP contribution in [0.5, 0.6) is 0 Å². The number of carboxylic acid groups (broad SMARTS) is 1. The second-order valence-electron chi connectivity index (χ2n) is 6.75. The number of aliphatic carboxylic acids is 1. The third-order valence-corrected chi connectivity index (χ3v) is 4.41. The van der Waals surface area contributed by atoms with Crippen molar-refractivity contribution in [1.82, 2.24) is 14.7 Å². The number of allylic oxidation sites excluding steroid dienone is 1. The molecule has 0 radical (unpaired) electrons. The molecule has 12 heteroatoms. The van der Waals surface area contributed by atoms with E-state index in [4.69, 9.17) is 9.84 Å². The molecule has 31 heavy (non-hydrogen) atoms. The largest absolute Gasteiger partial charge is 0.480 e. The fourth-order valence-electron chi connectivity index (χ4n) is 3.01. The summed E-state index contributed by atoms with van der Waals surface area (Å²) in [6, 6.07) is 0. The molecule has 164 valence electrons. The topological polar surface area (TPSA) is 159 Å². The zero-order valence-corrected chi connectivity index (χ0v) is 16.4. The molecule has 2 aliphatic rings. The molecule has 0 atom stereocenters. The van der Waals surface area contributed by atoms with Crippen LogP contribution in [-0.4, -0.2) is 100 Å². The van der Waals surface area contributed by atoms with Crippen molar-refractivity contribution in [2.45, 2.75) is 5.60 Å². The van der Waals surface area contributed by atoms with Gasteiger partial charge in [-0.3, -0.25) is 38.6 Å². The van der Waals surface area contributed by atoms with Gasteiger partial charge in [0.05, 0.1) is 19.6 Å². The first kappa shape index (κ1) is 23.3. The van der Waals surface area contributed by atoms with Crippen LogP contribution in [0, 0.1) is 0 Å². The van der Waals surface area contributed by atoms with Gasteiger partial charge in [-0.1, -0.05) is 0 Å². The Bertz CT molecular complexity index is 839. The number of aldehydes is 1. The average Bonchev–Trinajstić information content (AvgIpc) is 3.20. The van der Waals surface area contributed by atoms with Crippen LogP contribution in [0.1, 0.15) is 0 Å². The van der Waals surface area contributed by atoms with Crippen LogP contribution in [0.2, 0.25) is 0 Å². The molecule has 0 aromatic rings. The molecular formula is C19H19N3O9. The van der Waals surface area contributed by atoms with Gasteiger partial charge >= 0.3 is 5.97 Å². The number of imide groups is 2. The van der Waals surface area contributed by atoms with Crippen LogP contribution in [0.15, 0.2) is 36.5 Å². The van der Waals surface area contributed by atoms with Crippen LogP contribution >= 0.6 is 0 Å². The van der Waals surface area contributed by atoms with Gasteiger partial charge in [0, 0.05) is 37.4 Å². The molecule has 1 N–H and O–H groups in total. The lowest BCUT2D eigenvalue weighted by Gasteiger charge is -2.40. The Labute approximate surface area is 176 Å². The van der Waals surface area contributed by atoms with Crippen LogP contribution in [0.4, 0.5) is 0 Å². The smallest absolute Gasteiger partial charge is 0.329 e. The maximum Gasteiger partial charge on any atom is 0.329 e. The Balaban J connectivity index is 2.42. The van der Waals surface area contributed by atoms with E-state index in [-0.39, 0.29) is 0 Å². The maximum atomic E-state index is 12.2. The van der Waals surface area contributed by atoms with Gasteiger partial charge in [-0.15, -0.1) is 0 Å². The molecule has 0 saturated carbocycles. The van der Waals surface area contributed by atoms with E-state index in [1.165, 1.54) is 7.05 Å². The molecule has 2 aliphatic heterocycles. The first-order valence-electron chi connectivity index (χ1n) is 8.88. The van der Waals surface area contributed by atoms with Gasteiger partial charge in [0.15, 0.2) is 0 Å². The molecule has 5 amide bonds. The standard InChI is InChI=1S/C19H19N3O9/c1-20(13(24)3-2-8-23)10-19(31-9-18(29)30,11-21-14(25)4-5-15(21)26)12-22-16(27)6-7-17(22)28/h2-8H,9-12H2,1H3,(H,29,30)/b3-2-. The van der Waals surface area contributed by atoms with Crippen LogP contribution in [-0.2, 0) is 38.3 Å². The highest BCUT2D eigenvalue weighted by Crippen LogP contribution is 2.22. The SMILES string of the molecule is CN(CC(CN1C(=O)C=CC1=O)(CN1C(=O)C=CC1=O)OCC(=O)O)C(=O)/C=C\C=O. The third-order valence-electron chi connectivity index (χ3n) is 4.41. The van der Waals surface area contributed by atoms with Gasteiger partial charge in [0.25, 0.3) is 23.6 Å². The van der Waals surface area contributed by atoms with Crippen molar-refractivity contribution in [2.75, 3.05) is 33.3 Å². The number of carbonyl (C=O) groups excluding carboxylic acids is 6. The molecule has 0 saturated heterocycles. The average molecular weight is 433 g/mol. The molecule has 2 heterocycles. The zero-order chi connectivity index (χ0) is 23.2. The predicted molar refractivity (Wildman–Crippen MR) is 101 cm³/mol. The van der Waals surface area contributed by atoms with E-state index < -0.39 is 67.3 Å². The molecule has 2 rings (SSSR count). The number of carboxylic acids is 1. The highest BCUT2D eigenvalue weighted by atomic mass is 16.5. The number of amides is 5. The van der Waals surface area contributed by atoms with Gasteiger partial charge in [0.2, 0.25) is 5.91 Å². The van der Waals surface area contributed by atoms with Crippen molar-refractivity contribution in [1.29, 1.82) is 0 Å². The first-order chi connectivity index (χ1) is 14.6. The summed E-state index contributed by atoms with van der Waals surface area (Å²) in [7, 11) is 1.30. The number of hydrogen-bond acceptors (Lipinski definition) is 8. The lowest BCUT2D eigenvalue weighted by atomic mass is 10.0. The summed E-state index contributed by atoms with van der Waals surface area (Å²) in [5, 5.41) is 9.09. The number of carbonyl (C=O) groups is 7. The molecule has 0 unspecified atom stereocenters. The van der Waals surface area contributed by atoms with Crippen molar-refractivity contribution >= 4 is 41.8 Å². The van der Waals surface area contributed by atoms with E-state index in [0.717, 1.165) is 51.2 Å². The molecule has 0 bridgehead atoms. The van der Waals surface area contributed by atoms with Gasteiger partial charge in [-0.2, -0.15) is 0 Å². The van der Waals surface area contributed by atoms with Crippen molar-refractivity contribution < 1.29 is 43.4 Å². The quantitative estimate of drug-likeness (QED) is 0.219. The second-order valence-corrected chi connectivity index (χ2v) is 6.75. The van der Waals surface area contributed by atoms with Crippen molar-refractivity contribution in [3.63, 3.8) is 0 Å². The van der Waals surface area contributed by atoms with E-state index >= 15 is 0 Å². The predicted octanol–water partition coefficient (Wildman–Crippen LogP) is -2.11. The van der Waals surface area contributed by atoms with Crippen LogP contribution < -0.4 is 0 Å². The summed E-state index contributed by atoms with van der Waals surface area (Å²) >= 11 is 0. The van der Waals surface area contributed by atoms with Crippen molar-refractivity contribution in [3.8, 4) is 0 Å². The summed E-state index contributed by atoms with van der Waals surface area (Å²) in [5.41, 5.74) is -1.83. The lowest BCUT2D eigenvalue weighted by Crippen LogP contribution is -2.60. The third kappa shape index (κ3) is 5.79. The monoisotopic (exact) mass is 433 g/mol. The summed E-state index contributed by atoms with van der Waals surface area (Å²) < 4.78 is 5.50. The van der Waals surface area contributed by atoms with E-state index in [1.807, 2.05) is 0 Å². The maximum absolute atomic E-state index is 12.2. The van der Waals surface area contributed by atoms with E-state index in [1.54, 1.807) is 0 Å². The minimum atomic E-state index is -1.83. The Morgan fingerprint density at radius 2 is 1.45 bits per heavy atom. The molecule has 0 aromatic heterocycles. The normalized spacial score (nSPS) is 16.2. The number of ether oxygens (including phenoxy) is 1. The Kier molecular flexibility index (Phi) is 7.32. The van der Waals surface area contributed by atoms with Gasteiger partial charge < -0.3 is 14.7 Å². The zero-order valence-electron chi connectivity index (χ0n) is 16.4. The molecule has 0 fully saturated rings. The Morgan fingerprint density at radius 3 is 1.84 bits per heavy atom. The van der Waals surface area contributed by atoms with Gasteiger partial charge in [-0.05, 0) is 6.08 Å². The summed E-state index contributed by atoms with van der Waals surface area (Å²) in [6.07, 6.45) is 6.25. The number of hydrogen-bond donors (Lipinski definition) is 1. The van der Waals surface area contributed by atoms with E-state index in [2.05, 4.69) is 0 Å². The lowest BCUT2D eigenvalue weighted by molar-refractivity contribution is -0.161. The van der Waals surface area contributed by atoms with Gasteiger partial charge in [0.1, 0.15) is 18.5 Å². The molecular weight excluding hydrogens is 414 g/mol. The van der Waals surface area contributed by atoms with Crippen LogP contribution in [0.3, 0.4) is 0 Å². The molecule has 0 spiro atoms. The highest BCUT2D eigenvalue weighted by Gasteiger charge is 2.44. The van der Waals surface area contributed by atoms with Crippen LogP contribution in [0.25, 0.3) is 0 Å². The Hall–Kier alpha value is -3.93. The fourth-order valence-corrected chi connectivity index (χ4v) is 3.01. The summed E-state index contributed by atoms with van der Waals surface area (Å²) in [6.45, 7) is -2.41. The highest BCUT2D eigenvalue weighted by molar-refractivity contribution is 6.13. The van der Waals surface area contributed by atoms with Crippen molar-refractivity contribution in [3.05, 3.63) is 36.5 Å². The number of likely N-dealkylation sites (N-methyl/N-ethyl adjacent to an activating group) is 1. The molecule has 12 nitrogen and oxygen atoms in total. The van der Waals surface area contributed by atoms with E-state index in [9.17, 15) is 33.6 Å². The molecule has 0 aliphatic carbocycles. The molecule has 0 aromatic carbocycles. The number of nitrogens with zero attached hydrogens (tertiary/aromatic N) is 3. The Morgan fingerprint density at radius 1 is 1.00 bits per heavy atom. The number of rotatable bonds is 11. The second kappa shape index (κ2) is 9.71. The summed E-state index contributed by atoms with van der Waals surface area (Å²) in [4.78, 5) is 84.8. The summed E-state index contributed by atoms with van der Waals surface area (Å²) in [5.74, 6) is -4.90. The fraction of sp³-hybridized carbons (Fsp3) is 0.316. The first-order valence-corrected chi connectivity index (χ1v) is 8.88. The van der Waals surface area contributed by atoms with E-state index in [0.29, 0.717) is 6.29 Å².